The predicted octanol–water partition coefficient (Wildman–Crippen LogP) is -0.681. The number of likely N-dealkylation sites (N-methyl/N-ethyl adjacent to an activating group) is 1. The first-order chi connectivity index (χ1) is 12.4. The topological polar surface area (TPSA) is 138 Å². The number of sulfonamides is 2. The number of hydrogen-bond acceptors (Lipinski definition) is 7. The number of rotatable bonds is 6. The highest BCUT2D eigenvalue weighted by atomic mass is 32.2. The number of carbonyl (C=O) groups excluding carboxylic acids is 1. The summed E-state index contributed by atoms with van der Waals surface area (Å²) in [6, 6.07) is 5.08. The molecule has 1 aromatic carbocycles. The Morgan fingerprint density at radius 2 is 1.70 bits per heavy atom. The van der Waals surface area contributed by atoms with Crippen LogP contribution in [0.25, 0.3) is 0 Å². The highest BCUT2D eigenvalue weighted by Crippen LogP contribution is 2.26. The van der Waals surface area contributed by atoms with Crippen molar-refractivity contribution in [2.75, 3.05) is 46.0 Å². The molecule has 0 N–H and O–H groups in total. The first-order valence-corrected chi connectivity index (χ1v) is 11.2. The molecule has 0 unspecified atom stereocenters. The minimum atomic E-state index is -4.09. The zero-order valence-electron chi connectivity index (χ0n) is 14.8. The van der Waals surface area contributed by atoms with Crippen molar-refractivity contribution in [3.63, 3.8) is 0 Å². The number of piperazine rings is 1. The second-order valence-electron chi connectivity index (χ2n) is 6.03. The van der Waals surface area contributed by atoms with Crippen LogP contribution < -0.4 is 0 Å². The van der Waals surface area contributed by atoms with Crippen LogP contribution in [0.2, 0.25) is 0 Å². The van der Waals surface area contributed by atoms with E-state index in [1.807, 2.05) is 0 Å². The van der Waals surface area contributed by atoms with Crippen molar-refractivity contribution < 1.29 is 26.6 Å². The van der Waals surface area contributed by atoms with Crippen molar-refractivity contribution in [3.8, 4) is 0 Å². The van der Waals surface area contributed by atoms with E-state index in [-0.39, 0.29) is 32.7 Å². The number of para-hydroxylation sites is 1. The fourth-order valence-corrected chi connectivity index (χ4v) is 4.48. The number of hydrogen-bond donors (Lipinski definition) is 0. The summed E-state index contributed by atoms with van der Waals surface area (Å²) in [6.07, 6.45) is 0.984. The van der Waals surface area contributed by atoms with E-state index in [0.717, 1.165) is 20.9 Å². The summed E-state index contributed by atoms with van der Waals surface area (Å²) in [7, 11) is -6.31. The smallest absolute Gasteiger partial charge is 0.289 e. The molecule has 0 radical (unpaired) electrons. The highest BCUT2D eigenvalue weighted by molar-refractivity contribution is 7.89. The van der Waals surface area contributed by atoms with E-state index in [9.17, 15) is 31.7 Å². The maximum Gasteiger partial charge on any atom is 0.289 e. The third-order valence-corrected chi connectivity index (χ3v) is 7.40. The van der Waals surface area contributed by atoms with Crippen LogP contribution in [0, 0.1) is 10.1 Å². The van der Waals surface area contributed by atoms with Crippen molar-refractivity contribution in [2.45, 2.75) is 4.90 Å². The van der Waals surface area contributed by atoms with Gasteiger partial charge in [0.15, 0.2) is 4.90 Å². The predicted molar refractivity (Wildman–Crippen MR) is 95.9 cm³/mol. The van der Waals surface area contributed by atoms with Crippen molar-refractivity contribution in [3.05, 3.63) is 34.4 Å². The van der Waals surface area contributed by atoms with Crippen LogP contribution in [0.1, 0.15) is 0 Å². The van der Waals surface area contributed by atoms with E-state index < -0.39 is 41.5 Å². The van der Waals surface area contributed by atoms with Crippen LogP contribution in [0.3, 0.4) is 0 Å². The highest BCUT2D eigenvalue weighted by Gasteiger charge is 2.34. The quantitative estimate of drug-likeness (QED) is 0.439. The lowest BCUT2D eigenvalue weighted by molar-refractivity contribution is -0.387. The molecule has 150 valence electrons. The fraction of sp³-hybridized carbons (Fsp3) is 0.500. The second kappa shape index (κ2) is 7.88. The van der Waals surface area contributed by atoms with E-state index in [1.54, 1.807) is 0 Å². The third-order valence-electron chi connectivity index (χ3n) is 4.20. The largest absolute Gasteiger partial charge is 0.339 e. The minimum absolute atomic E-state index is 0.0390. The van der Waals surface area contributed by atoms with Gasteiger partial charge in [0.2, 0.25) is 26.0 Å². The van der Waals surface area contributed by atoms with Crippen molar-refractivity contribution in [1.82, 2.24) is 13.5 Å². The Kier molecular flexibility index (Phi) is 6.19. The number of nitro groups is 1. The summed E-state index contributed by atoms with van der Waals surface area (Å²) < 4.78 is 50.2. The standard InChI is InChI=1S/C14H20N4O7S2/c1-15(26(2,22)23)11-14(19)16-7-9-17(10-8-16)27(24,25)13-6-4-3-5-12(13)18(20)21/h3-6H,7-11H2,1-2H3. The van der Waals surface area contributed by atoms with Crippen LogP contribution in [0.4, 0.5) is 5.69 Å². The monoisotopic (exact) mass is 420 g/mol. The first-order valence-electron chi connectivity index (χ1n) is 7.87. The average Bonchev–Trinajstić information content (AvgIpc) is 2.60. The number of benzene rings is 1. The Morgan fingerprint density at radius 3 is 2.22 bits per heavy atom. The Hall–Kier alpha value is -2.09. The van der Waals surface area contributed by atoms with Crippen molar-refractivity contribution in [1.29, 1.82) is 0 Å². The zero-order chi connectivity index (χ0) is 20.4. The van der Waals surface area contributed by atoms with E-state index in [4.69, 9.17) is 0 Å². The molecule has 11 nitrogen and oxygen atoms in total. The van der Waals surface area contributed by atoms with Crippen molar-refractivity contribution in [2.24, 2.45) is 0 Å². The molecule has 0 aliphatic carbocycles. The first kappa shape index (κ1) is 21.2. The molecule has 1 amide bonds. The molecule has 2 rings (SSSR count). The van der Waals surface area contributed by atoms with Gasteiger partial charge < -0.3 is 4.90 Å². The summed E-state index contributed by atoms with van der Waals surface area (Å²) in [4.78, 5) is 23.5. The van der Waals surface area contributed by atoms with Gasteiger partial charge in [-0.05, 0) is 6.07 Å². The fourth-order valence-electron chi connectivity index (χ4n) is 2.55. The molecule has 1 aliphatic heterocycles. The molecule has 0 saturated carbocycles. The van der Waals surface area contributed by atoms with Gasteiger partial charge in [-0.15, -0.1) is 0 Å². The van der Waals surface area contributed by atoms with E-state index in [1.165, 1.54) is 30.1 Å². The molecule has 1 saturated heterocycles. The van der Waals surface area contributed by atoms with Crippen LogP contribution >= 0.6 is 0 Å². The summed E-state index contributed by atoms with van der Waals surface area (Å²) >= 11 is 0. The normalized spacial score (nSPS) is 16.5. The minimum Gasteiger partial charge on any atom is -0.339 e. The molecule has 1 fully saturated rings. The lowest BCUT2D eigenvalue weighted by atomic mass is 10.3. The van der Waals surface area contributed by atoms with Crippen LogP contribution in [-0.4, -0.2) is 87.2 Å². The molecule has 0 bridgehead atoms. The lowest BCUT2D eigenvalue weighted by Crippen LogP contribution is -2.52. The molecular weight excluding hydrogens is 400 g/mol. The van der Waals surface area contributed by atoms with Gasteiger partial charge in [0, 0.05) is 39.3 Å². The Morgan fingerprint density at radius 1 is 1.15 bits per heavy atom. The van der Waals surface area contributed by atoms with Crippen LogP contribution in [0.15, 0.2) is 29.2 Å². The molecule has 0 spiro atoms. The average molecular weight is 420 g/mol. The Bertz CT molecular complexity index is 938. The van der Waals surface area contributed by atoms with Gasteiger partial charge in [-0.3, -0.25) is 14.9 Å². The summed E-state index contributed by atoms with van der Waals surface area (Å²) in [6.45, 7) is -0.284. The second-order valence-corrected chi connectivity index (χ2v) is 10.0. The van der Waals surface area contributed by atoms with Crippen LogP contribution in [-0.2, 0) is 24.8 Å². The van der Waals surface area contributed by atoms with Gasteiger partial charge >= 0.3 is 0 Å². The van der Waals surface area contributed by atoms with Gasteiger partial charge in [0.05, 0.1) is 17.7 Å². The summed E-state index contributed by atoms with van der Waals surface area (Å²) in [5.41, 5.74) is -0.509. The van der Waals surface area contributed by atoms with Gasteiger partial charge in [0.1, 0.15) is 0 Å². The summed E-state index contributed by atoms with van der Waals surface area (Å²) in [5, 5.41) is 11.1. The van der Waals surface area contributed by atoms with E-state index in [0.29, 0.717) is 0 Å². The molecule has 0 aromatic heterocycles. The molecule has 27 heavy (non-hydrogen) atoms. The molecule has 1 heterocycles. The lowest BCUT2D eigenvalue weighted by Gasteiger charge is -2.34. The van der Waals surface area contributed by atoms with Gasteiger partial charge in [-0.1, -0.05) is 12.1 Å². The SMILES string of the molecule is CN(CC(=O)N1CCN(S(=O)(=O)c2ccccc2[N+](=O)[O-])CC1)S(C)(=O)=O. The maximum absolute atomic E-state index is 12.7. The van der Waals surface area contributed by atoms with E-state index in [2.05, 4.69) is 0 Å². The molecule has 1 aliphatic rings. The number of nitro benzene ring substituents is 1. The number of amides is 1. The number of carbonyl (C=O) groups is 1. The molecule has 13 heteroatoms. The Labute approximate surface area is 157 Å². The maximum atomic E-state index is 12.7. The zero-order valence-corrected chi connectivity index (χ0v) is 16.4. The van der Waals surface area contributed by atoms with E-state index >= 15 is 0 Å². The molecule has 1 aromatic rings. The molecule has 0 atom stereocenters. The summed E-state index contributed by atoms with van der Waals surface area (Å²) in [5.74, 6) is -0.439. The Balaban J connectivity index is 2.09. The van der Waals surface area contributed by atoms with Crippen molar-refractivity contribution >= 4 is 31.6 Å². The van der Waals surface area contributed by atoms with Crippen LogP contribution in [0.5, 0.6) is 0 Å². The van der Waals surface area contributed by atoms with Gasteiger partial charge in [-0.25, -0.2) is 16.8 Å². The third kappa shape index (κ3) is 4.80. The van der Waals surface area contributed by atoms with Gasteiger partial charge in [-0.2, -0.15) is 8.61 Å². The molecular formula is C14H20N4O7S2. The number of nitrogens with zero attached hydrogens (tertiary/aromatic N) is 4. The van der Waals surface area contributed by atoms with Gasteiger partial charge in [0.25, 0.3) is 5.69 Å².